The molecule has 1 amide bonds. The lowest BCUT2D eigenvalue weighted by molar-refractivity contribution is -0.121. The average molecular weight is 435 g/mol. The number of hydrogen-bond acceptors (Lipinski definition) is 6. The molecule has 0 aromatic heterocycles. The lowest BCUT2D eigenvalue weighted by atomic mass is 10.2. The number of fused-ring (bicyclic) bond motifs is 1. The molecule has 0 radical (unpaired) electrons. The molecule has 0 bridgehead atoms. The van der Waals surface area contributed by atoms with Gasteiger partial charge < -0.3 is 19.5 Å². The van der Waals surface area contributed by atoms with Crippen molar-refractivity contribution in [2.24, 2.45) is 0 Å². The minimum atomic E-state index is -3.52. The van der Waals surface area contributed by atoms with E-state index in [2.05, 4.69) is 5.32 Å². The Bertz CT molecular complexity index is 979. The summed E-state index contributed by atoms with van der Waals surface area (Å²) in [5.41, 5.74) is 0.453. The molecule has 2 aromatic rings. The fourth-order valence-corrected chi connectivity index (χ4v) is 4.13. The Kier molecular flexibility index (Phi) is 7.04. The molecular weight excluding hydrogens is 408 g/mol. The summed E-state index contributed by atoms with van der Waals surface area (Å²) in [6, 6.07) is 14.3. The molecule has 30 heavy (non-hydrogen) atoms. The monoisotopic (exact) mass is 434 g/mol. The van der Waals surface area contributed by atoms with Crippen LogP contribution in [0.15, 0.2) is 48.5 Å². The highest BCUT2D eigenvalue weighted by Crippen LogP contribution is 2.31. The Morgan fingerprint density at radius 1 is 1.17 bits per heavy atom. The summed E-state index contributed by atoms with van der Waals surface area (Å²) in [4.78, 5) is 12.2. The summed E-state index contributed by atoms with van der Waals surface area (Å²) >= 11 is 0. The van der Waals surface area contributed by atoms with E-state index < -0.39 is 10.0 Å². The molecule has 3 rings (SSSR count). The summed E-state index contributed by atoms with van der Waals surface area (Å²) in [6.07, 6.45) is 1.41. The van der Waals surface area contributed by atoms with Gasteiger partial charge in [-0.3, -0.25) is 9.10 Å². The van der Waals surface area contributed by atoms with Crippen LogP contribution in [0.25, 0.3) is 0 Å². The van der Waals surface area contributed by atoms with Crippen molar-refractivity contribution in [2.75, 3.05) is 37.4 Å². The second-order valence-corrected chi connectivity index (χ2v) is 8.82. The number of nitrogens with zero attached hydrogens (tertiary/aromatic N) is 1. The molecule has 0 unspecified atom stereocenters. The smallest absolute Gasteiger partial charge is 0.232 e. The number of anilines is 1. The number of ether oxygens (including phenoxy) is 3. The first-order valence-electron chi connectivity index (χ1n) is 9.64. The lowest BCUT2D eigenvalue weighted by Gasteiger charge is -2.26. The lowest BCUT2D eigenvalue weighted by Crippen LogP contribution is -2.41. The highest BCUT2D eigenvalue weighted by molar-refractivity contribution is 7.92. The third kappa shape index (κ3) is 5.56. The van der Waals surface area contributed by atoms with Crippen molar-refractivity contribution < 1.29 is 27.4 Å². The quantitative estimate of drug-likeness (QED) is 0.650. The minimum Gasteiger partial charge on any atom is -0.495 e. The maximum Gasteiger partial charge on any atom is 0.232 e. The summed E-state index contributed by atoms with van der Waals surface area (Å²) in [5.74, 6) is 1.63. The van der Waals surface area contributed by atoms with E-state index in [1.54, 1.807) is 24.3 Å². The molecule has 0 spiro atoms. The number of sulfonamides is 1. The second kappa shape index (κ2) is 9.71. The molecule has 0 aliphatic carbocycles. The summed E-state index contributed by atoms with van der Waals surface area (Å²) in [7, 11) is -2.03. The number of para-hydroxylation sites is 4. The first kappa shape index (κ1) is 21.8. The van der Waals surface area contributed by atoms with E-state index >= 15 is 0 Å². The molecule has 2 aromatic carbocycles. The van der Waals surface area contributed by atoms with Gasteiger partial charge in [-0.15, -0.1) is 0 Å². The van der Waals surface area contributed by atoms with Crippen molar-refractivity contribution in [3.63, 3.8) is 0 Å². The highest BCUT2D eigenvalue weighted by Gasteiger charge is 2.22. The van der Waals surface area contributed by atoms with Gasteiger partial charge in [-0.05, 0) is 30.7 Å². The Balaban J connectivity index is 1.49. The topological polar surface area (TPSA) is 94.2 Å². The SMILES string of the molecule is COc1ccccc1N(CCCC(=O)NC[C@@H]1COc2ccccc2O1)S(C)(=O)=O. The van der Waals surface area contributed by atoms with Crippen LogP contribution in [0.3, 0.4) is 0 Å². The van der Waals surface area contributed by atoms with Crippen LogP contribution in [-0.2, 0) is 14.8 Å². The van der Waals surface area contributed by atoms with Gasteiger partial charge in [0.05, 0.1) is 25.6 Å². The molecule has 0 fully saturated rings. The van der Waals surface area contributed by atoms with Crippen LogP contribution in [0, 0.1) is 0 Å². The van der Waals surface area contributed by atoms with Gasteiger partial charge in [0.25, 0.3) is 0 Å². The van der Waals surface area contributed by atoms with Crippen LogP contribution in [0.5, 0.6) is 17.2 Å². The molecule has 1 N–H and O–H groups in total. The molecule has 8 nitrogen and oxygen atoms in total. The zero-order chi connectivity index (χ0) is 21.6. The van der Waals surface area contributed by atoms with E-state index in [0.29, 0.717) is 42.5 Å². The number of methoxy groups -OCH3 is 1. The first-order chi connectivity index (χ1) is 14.4. The number of amides is 1. The van der Waals surface area contributed by atoms with Crippen molar-refractivity contribution in [1.29, 1.82) is 0 Å². The van der Waals surface area contributed by atoms with E-state index in [4.69, 9.17) is 14.2 Å². The zero-order valence-corrected chi connectivity index (χ0v) is 17.9. The molecule has 0 saturated carbocycles. The fraction of sp³-hybridized carbons (Fsp3) is 0.381. The molecular formula is C21H26N2O6S. The van der Waals surface area contributed by atoms with E-state index in [1.165, 1.54) is 11.4 Å². The molecule has 1 atom stereocenters. The minimum absolute atomic E-state index is 0.170. The van der Waals surface area contributed by atoms with Crippen LogP contribution in [0.1, 0.15) is 12.8 Å². The number of rotatable bonds is 9. The first-order valence-corrected chi connectivity index (χ1v) is 11.5. The van der Waals surface area contributed by atoms with Gasteiger partial charge in [-0.2, -0.15) is 0 Å². The highest BCUT2D eigenvalue weighted by atomic mass is 32.2. The molecule has 1 heterocycles. The van der Waals surface area contributed by atoms with Crippen molar-refractivity contribution in [1.82, 2.24) is 5.32 Å². The molecule has 9 heteroatoms. The zero-order valence-electron chi connectivity index (χ0n) is 17.0. The number of nitrogens with one attached hydrogen (secondary N) is 1. The molecule has 0 saturated heterocycles. The van der Waals surface area contributed by atoms with Crippen molar-refractivity contribution >= 4 is 21.6 Å². The summed E-state index contributed by atoms with van der Waals surface area (Å²) < 4.78 is 42.5. The predicted octanol–water partition coefficient (Wildman–Crippen LogP) is 2.20. The van der Waals surface area contributed by atoms with Crippen LogP contribution in [0.2, 0.25) is 0 Å². The van der Waals surface area contributed by atoms with Crippen molar-refractivity contribution in [3.05, 3.63) is 48.5 Å². The Labute approximate surface area is 176 Å². The number of benzene rings is 2. The Morgan fingerprint density at radius 2 is 1.87 bits per heavy atom. The number of hydrogen-bond donors (Lipinski definition) is 1. The van der Waals surface area contributed by atoms with Gasteiger partial charge in [0, 0.05) is 13.0 Å². The number of carbonyl (C=O) groups is 1. The predicted molar refractivity (Wildman–Crippen MR) is 114 cm³/mol. The molecule has 1 aliphatic heterocycles. The van der Waals surface area contributed by atoms with Gasteiger partial charge in [0.1, 0.15) is 18.5 Å². The van der Waals surface area contributed by atoms with Crippen LogP contribution in [0.4, 0.5) is 5.69 Å². The maximum atomic E-state index is 12.2. The Hall–Kier alpha value is -2.94. The summed E-state index contributed by atoms with van der Waals surface area (Å²) in [5, 5.41) is 2.82. The number of carbonyl (C=O) groups excluding carboxylic acids is 1. The van der Waals surface area contributed by atoms with E-state index in [9.17, 15) is 13.2 Å². The standard InChI is InChI=1S/C21H26N2O6S/c1-27-18-9-4-3-8-17(18)23(30(2,25)26)13-7-12-21(24)22-14-16-15-28-19-10-5-6-11-20(19)29-16/h3-6,8-11,16H,7,12-15H2,1-2H3,(H,22,24)/t16-/m1/s1. The fourth-order valence-electron chi connectivity index (χ4n) is 3.16. The van der Waals surface area contributed by atoms with E-state index in [0.717, 1.165) is 6.26 Å². The summed E-state index contributed by atoms with van der Waals surface area (Å²) in [6.45, 7) is 0.839. The molecule has 1 aliphatic rings. The maximum absolute atomic E-state index is 12.2. The average Bonchev–Trinajstić information content (AvgIpc) is 2.74. The third-order valence-corrected chi connectivity index (χ3v) is 5.79. The third-order valence-electron chi connectivity index (χ3n) is 4.61. The van der Waals surface area contributed by atoms with Gasteiger partial charge in [0.2, 0.25) is 15.9 Å². The van der Waals surface area contributed by atoms with Gasteiger partial charge in [-0.1, -0.05) is 24.3 Å². The largest absolute Gasteiger partial charge is 0.495 e. The normalized spacial score (nSPS) is 15.3. The Morgan fingerprint density at radius 3 is 2.60 bits per heavy atom. The van der Waals surface area contributed by atoms with E-state index in [1.807, 2.05) is 24.3 Å². The molecule has 162 valence electrons. The van der Waals surface area contributed by atoms with Gasteiger partial charge >= 0.3 is 0 Å². The van der Waals surface area contributed by atoms with Crippen LogP contribution in [-0.4, -0.2) is 53.5 Å². The van der Waals surface area contributed by atoms with Gasteiger partial charge in [-0.25, -0.2) is 8.42 Å². The van der Waals surface area contributed by atoms with E-state index in [-0.39, 0.29) is 25.0 Å². The second-order valence-electron chi connectivity index (χ2n) is 6.91. The van der Waals surface area contributed by atoms with Crippen LogP contribution >= 0.6 is 0 Å². The van der Waals surface area contributed by atoms with Crippen molar-refractivity contribution in [2.45, 2.75) is 18.9 Å². The van der Waals surface area contributed by atoms with Crippen LogP contribution < -0.4 is 23.8 Å². The van der Waals surface area contributed by atoms with Gasteiger partial charge in [0.15, 0.2) is 11.5 Å². The van der Waals surface area contributed by atoms with Crippen molar-refractivity contribution in [3.8, 4) is 17.2 Å².